The summed E-state index contributed by atoms with van der Waals surface area (Å²) in [5.41, 5.74) is 2.59. The van der Waals surface area contributed by atoms with E-state index < -0.39 is 0 Å². The third kappa shape index (κ3) is 5.96. The van der Waals surface area contributed by atoms with Crippen molar-refractivity contribution in [2.45, 2.75) is 77.3 Å². The number of rotatable bonds is 9. The highest BCUT2D eigenvalue weighted by atomic mass is 16.7. The number of unbranched alkanes of at least 4 members (excludes halogenated alkanes) is 3. The maximum Gasteiger partial charge on any atom is 0.457 e. The molecule has 0 aliphatic carbocycles. The van der Waals surface area contributed by atoms with Crippen LogP contribution in [-0.4, -0.2) is 24.2 Å². The number of carbonyl (C=O) groups excluding carboxylic acids is 1. The molecule has 3 rings (SSSR count). The van der Waals surface area contributed by atoms with Crippen molar-refractivity contribution in [3.05, 3.63) is 54.6 Å². The second kappa shape index (κ2) is 9.80. The molecule has 2 aromatic rings. The first-order valence-electron chi connectivity index (χ1n) is 11.1. The number of amides is 1. The SMILES string of the molecule is CC1(C)OB(CCCCCCC(=O)Nc2cccc(-c3ccccc3)c2)OC1(C)C. The van der Waals surface area contributed by atoms with Gasteiger partial charge < -0.3 is 14.6 Å². The normalized spacial score (nSPS) is 17.1. The second-order valence-electron chi connectivity index (χ2n) is 9.13. The molecule has 0 bridgehead atoms. The molecule has 0 saturated carbocycles. The summed E-state index contributed by atoms with van der Waals surface area (Å²) in [6.45, 7) is 8.34. The molecular weight excluding hydrogens is 373 g/mol. The first-order valence-corrected chi connectivity index (χ1v) is 11.1. The maximum atomic E-state index is 12.3. The Labute approximate surface area is 181 Å². The van der Waals surface area contributed by atoms with Crippen LogP contribution in [0.15, 0.2) is 54.6 Å². The van der Waals surface area contributed by atoms with Crippen molar-refractivity contribution in [1.29, 1.82) is 0 Å². The van der Waals surface area contributed by atoms with Gasteiger partial charge in [0.05, 0.1) is 11.2 Å². The van der Waals surface area contributed by atoms with Crippen molar-refractivity contribution in [2.75, 3.05) is 5.32 Å². The van der Waals surface area contributed by atoms with Crippen molar-refractivity contribution >= 4 is 18.7 Å². The van der Waals surface area contributed by atoms with Gasteiger partial charge >= 0.3 is 7.12 Å². The topological polar surface area (TPSA) is 47.6 Å². The van der Waals surface area contributed by atoms with E-state index in [0.29, 0.717) is 6.42 Å². The lowest BCUT2D eigenvalue weighted by Gasteiger charge is -2.32. The molecule has 160 valence electrons. The number of hydrogen-bond acceptors (Lipinski definition) is 3. The lowest BCUT2D eigenvalue weighted by molar-refractivity contribution is -0.116. The molecule has 4 nitrogen and oxygen atoms in total. The van der Waals surface area contributed by atoms with Gasteiger partial charge in [0, 0.05) is 12.1 Å². The Morgan fingerprint density at radius 3 is 2.17 bits per heavy atom. The summed E-state index contributed by atoms with van der Waals surface area (Å²) in [5.74, 6) is 0.0752. The quantitative estimate of drug-likeness (QED) is 0.390. The third-order valence-corrected chi connectivity index (χ3v) is 6.15. The molecule has 0 aromatic heterocycles. The van der Waals surface area contributed by atoms with Crippen molar-refractivity contribution in [2.24, 2.45) is 0 Å². The van der Waals surface area contributed by atoms with E-state index in [2.05, 4.69) is 51.2 Å². The molecule has 1 heterocycles. The molecule has 1 amide bonds. The minimum atomic E-state index is -0.256. The van der Waals surface area contributed by atoms with Gasteiger partial charge in [-0.05, 0) is 63.7 Å². The fourth-order valence-corrected chi connectivity index (χ4v) is 3.66. The summed E-state index contributed by atoms with van der Waals surface area (Å²) >= 11 is 0. The molecule has 1 saturated heterocycles. The van der Waals surface area contributed by atoms with Crippen LogP contribution in [0, 0.1) is 0 Å². The molecule has 5 heteroatoms. The second-order valence-corrected chi connectivity index (χ2v) is 9.13. The molecule has 1 aliphatic rings. The van der Waals surface area contributed by atoms with Gasteiger partial charge in [0.15, 0.2) is 0 Å². The van der Waals surface area contributed by atoms with Gasteiger partial charge in [-0.1, -0.05) is 61.7 Å². The Hall–Kier alpha value is -2.11. The lowest BCUT2D eigenvalue weighted by Crippen LogP contribution is -2.41. The van der Waals surface area contributed by atoms with Crippen LogP contribution < -0.4 is 5.32 Å². The summed E-state index contributed by atoms with van der Waals surface area (Å²) in [6, 6.07) is 18.2. The molecule has 0 radical (unpaired) electrons. The fourth-order valence-electron chi connectivity index (χ4n) is 3.66. The van der Waals surface area contributed by atoms with Gasteiger partial charge in [0.25, 0.3) is 0 Å². The first kappa shape index (κ1) is 22.6. The van der Waals surface area contributed by atoms with E-state index >= 15 is 0 Å². The average Bonchev–Trinajstić information content (AvgIpc) is 2.92. The zero-order chi connectivity index (χ0) is 21.6. The van der Waals surface area contributed by atoms with Crippen LogP contribution in [0.2, 0.25) is 6.32 Å². The molecule has 0 atom stereocenters. The minimum Gasteiger partial charge on any atom is -0.403 e. The average molecular weight is 407 g/mol. The van der Waals surface area contributed by atoms with Gasteiger partial charge in [-0.3, -0.25) is 4.79 Å². The molecule has 1 fully saturated rings. The van der Waals surface area contributed by atoms with E-state index in [9.17, 15) is 4.79 Å². The summed E-state index contributed by atoms with van der Waals surface area (Å²) in [5, 5.41) is 3.03. The summed E-state index contributed by atoms with van der Waals surface area (Å²) in [4.78, 5) is 12.3. The van der Waals surface area contributed by atoms with Gasteiger partial charge in [-0.25, -0.2) is 0 Å². The zero-order valence-corrected chi connectivity index (χ0v) is 18.7. The van der Waals surface area contributed by atoms with E-state index in [-0.39, 0.29) is 24.2 Å². The first-order chi connectivity index (χ1) is 14.3. The van der Waals surface area contributed by atoms with Gasteiger partial charge in [-0.15, -0.1) is 0 Å². The van der Waals surface area contributed by atoms with Crippen LogP contribution in [0.3, 0.4) is 0 Å². The largest absolute Gasteiger partial charge is 0.457 e. The number of nitrogens with one attached hydrogen (secondary N) is 1. The summed E-state index contributed by atoms with van der Waals surface area (Å²) < 4.78 is 12.1. The number of carbonyl (C=O) groups is 1. The molecule has 0 unspecified atom stereocenters. The van der Waals surface area contributed by atoms with Crippen molar-refractivity contribution in [3.8, 4) is 11.1 Å². The number of anilines is 1. The number of benzene rings is 2. The predicted octanol–water partition coefficient (Wildman–Crippen LogP) is 6.33. The molecule has 0 spiro atoms. The van der Waals surface area contributed by atoms with Gasteiger partial charge in [0.2, 0.25) is 5.91 Å². The fraction of sp³-hybridized carbons (Fsp3) is 0.480. The van der Waals surface area contributed by atoms with E-state index in [1.165, 1.54) is 0 Å². The maximum absolute atomic E-state index is 12.3. The van der Waals surface area contributed by atoms with E-state index in [4.69, 9.17) is 9.31 Å². The molecule has 30 heavy (non-hydrogen) atoms. The van der Waals surface area contributed by atoms with Crippen molar-refractivity contribution < 1.29 is 14.1 Å². The highest BCUT2D eigenvalue weighted by Crippen LogP contribution is 2.38. The Bertz CT molecular complexity index is 819. The molecule has 1 aliphatic heterocycles. The highest BCUT2D eigenvalue weighted by Gasteiger charge is 2.50. The van der Waals surface area contributed by atoms with Crippen molar-refractivity contribution in [1.82, 2.24) is 0 Å². The zero-order valence-electron chi connectivity index (χ0n) is 18.7. The Morgan fingerprint density at radius 2 is 1.47 bits per heavy atom. The third-order valence-electron chi connectivity index (χ3n) is 6.15. The standard InChI is InChI=1S/C25H34BNO3/c1-24(2)25(3,4)30-26(29-24)18-11-6-5-10-17-23(28)27-22-16-12-15-21(19-22)20-13-8-7-9-14-20/h7-9,12-16,19H,5-6,10-11,17-18H2,1-4H3,(H,27,28). The summed E-state index contributed by atoms with van der Waals surface area (Å²) in [6.07, 6.45) is 5.53. The Balaban J connectivity index is 1.33. The van der Waals surface area contributed by atoms with Crippen LogP contribution in [0.4, 0.5) is 5.69 Å². The summed E-state index contributed by atoms with van der Waals surface area (Å²) in [7, 11) is -0.116. The van der Waals surface area contributed by atoms with Crippen LogP contribution in [0.5, 0.6) is 0 Å². The van der Waals surface area contributed by atoms with Crippen LogP contribution in [0.1, 0.15) is 59.8 Å². The van der Waals surface area contributed by atoms with E-state index in [1.54, 1.807) is 0 Å². The molecule has 1 N–H and O–H groups in total. The van der Waals surface area contributed by atoms with Gasteiger partial charge in [-0.2, -0.15) is 0 Å². The van der Waals surface area contributed by atoms with E-state index in [0.717, 1.165) is 48.8 Å². The Kier molecular flexibility index (Phi) is 7.38. The Morgan fingerprint density at radius 1 is 0.833 bits per heavy atom. The minimum absolute atomic E-state index is 0.0752. The molecule has 2 aromatic carbocycles. The lowest BCUT2D eigenvalue weighted by atomic mass is 9.82. The predicted molar refractivity (Wildman–Crippen MR) is 124 cm³/mol. The highest BCUT2D eigenvalue weighted by molar-refractivity contribution is 6.45. The van der Waals surface area contributed by atoms with Crippen molar-refractivity contribution in [3.63, 3.8) is 0 Å². The van der Waals surface area contributed by atoms with Crippen LogP contribution >= 0.6 is 0 Å². The monoisotopic (exact) mass is 407 g/mol. The smallest absolute Gasteiger partial charge is 0.403 e. The number of hydrogen-bond donors (Lipinski definition) is 1. The van der Waals surface area contributed by atoms with Crippen LogP contribution in [-0.2, 0) is 14.1 Å². The van der Waals surface area contributed by atoms with Gasteiger partial charge in [0.1, 0.15) is 0 Å². The molecular formula is C25H34BNO3. The van der Waals surface area contributed by atoms with Crippen LogP contribution in [0.25, 0.3) is 11.1 Å². The van der Waals surface area contributed by atoms with E-state index in [1.807, 2.05) is 36.4 Å².